The molecule has 0 unspecified atom stereocenters. The van der Waals surface area contributed by atoms with Crippen LogP contribution >= 0.6 is 46.4 Å². The fourth-order valence-electron chi connectivity index (χ4n) is 3.11. The first kappa shape index (κ1) is 19.3. The Kier molecular flexibility index (Phi) is 4.48. The largest absolute Gasteiger partial charge is 0.415 e. The van der Waals surface area contributed by atoms with Crippen molar-refractivity contribution in [2.75, 3.05) is 0 Å². The molecule has 30 heavy (non-hydrogen) atoms. The number of hydrogen-bond donors (Lipinski definition) is 0. The Morgan fingerprint density at radius 2 is 1.30 bits per heavy atom. The molecule has 2 aromatic carbocycles. The van der Waals surface area contributed by atoms with Crippen molar-refractivity contribution in [3.63, 3.8) is 0 Å². The normalized spacial score (nSPS) is 13.4. The lowest BCUT2D eigenvalue weighted by Gasteiger charge is -2.07. The van der Waals surface area contributed by atoms with E-state index in [2.05, 4.69) is 9.97 Å². The van der Waals surface area contributed by atoms with Crippen molar-refractivity contribution in [3.8, 4) is 11.5 Å². The van der Waals surface area contributed by atoms with Gasteiger partial charge in [-0.2, -0.15) is 9.97 Å². The first-order valence-corrected chi connectivity index (χ1v) is 9.87. The number of rotatable bonds is 2. The van der Waals surface area contributed by atoms with Crippen molar-refractivity contribution in [1.29, 1.82) is 0 Å². The Labute approximate surface area is 188 Å². The van der Waals surface area contributed by atoms with E-state index in [4.69, 9.17) is 55.2 Å². The van der Waals surface area contributed by atoms with Crippen LogP contribution in [0.25, 0.3) is 29.0 Å². The Hall–Kier alpha value is -2.64. The van der Waals surface area contributed by atoms with E-state index < -0.39 is 11.6 Å². The highest BCUT2D eigenvalue weighted by Crippen LogP contribution is 2.46. The van der Waals surface area contributed by atoms with Crippen LogP contribution in [0.1, 0.15) is 26.6 Å². The molecule has 4 aromatic rings. The van der Waals surface area contributed by atoms with Crippen LogP contribution in [0.3, 0.4) is 0 Å². The van der Waals surface area contributed by atoms with Crippen LogP contribution < -0.4 is 0 Å². The van der Waals surface area contributed by atoms with Crippen LogP contribution in [0.4, 0.5) is 0 Å². The lowest BCUT2D eigenvalue weighted by atomic mass is 10.1. The standard InChI is InChI=1S/C20H6Cl4N2O4/c21-12-10-11(13(22)15(24)14(12)23)17(28)8(16(10)27)6-9-25-19-20(29-9)26-18(30-19)7-4-2-1-3-5-7/h1-6H. The van der Waals surface area contributed by atoms with Crippen molar-refractivity contribution in [2.24, 2.45) is 0 Å². The number of nitrogens with zero attached hydrogens (tertiary/aromatic N) is 2. The summed E-state index contributed by atoms with van der Waals surface area (Å²) in [5.41, 5.74) is 0.551. The van der Waals surface area contributed by atoms with E-state index >= 15 is 0 Å². The molecule has 0 radical (unpaired) electrons. The minimum Gasteiger partial charge on any atom is -0.415 e. The zero-order valence-electron chi connectivity index (χ0n) is 14.5. The molecule has 1 aliphatic carbocycles. The van der Waals surface area contributed by atoms with E-state index in [1.807, 2.05) is 30.3 Å². The van der Waals surface area contributed by atoms with Crippen LogP contribution in [0.15, 0.2) is 44.7 Å². The Morgan fingerprint density at radius 3 is 1.87 bits per heavy atom. The molecule has 0 saturated heterocycles. The highest BCUT2D eigenvalue weighted by atomic mass is 35.5. The minimum atomic E-state index is -0.659. The predicted octanol–water partition coefficient (Wildman–Crippen LogP) is 6.56. The molecule has 0 bridgehead atoms. The predicted molar refractivity (Wildman–Crippen MR) is 113 cm³/mol. The first-order chi connectivity index (χ1) is 14.4. The average Bonchev–Trinajstić information content (AvgIpc) is 3.38. The van der Waals surface area contributed by atoms with Crippen LogP contribution in [0.5, 0.6) is 0 Å². The van der Waals surface area contributed by atoms with Gasteiger partial charge in [-0.1, -0.05) is 64.6 Å². The first-order valence-electron chi connectivity index (χ1n) is 8.36. The minimum absolute atomic E-state index is 0.0372. The van der Waals surface area contributed by atoms with E-state index in [0.29, 0.717) is 5.89 Å². The van der Waals surface area contributed by atoms with Gasteiger partial charge in [-0.25, -0.2) is 0 Å². The maximum absolute atomic E-state index is 12.8. The maximum atomic E-state index is 12.8. The van der Waals surface area contributed by atoms with Crippen molar-refractivity contribution >= 4 is 75.5 Å². The van der Waals surface area contributed by atoms with Gasteiger partial charge in [0, 0.05) is 11.6 Å². The molecule has 2 aromatic heterocycles. The number of halogens is 4. The topological polar surface area (TPSA) is 86.2 Å². The SMILES string of the molecule is O=C1C(=Cc2nc3oc(-c4ccccc4)nc3o2)C(=O)c2c(Cl)c(Cl)c(Cl)c(Cl)c21. The maximum Gasteiger partial charge on any atom is 0.288 e. The molecule has 1 aliphatic rings. The van der Waals surface area contributed by atoms with Gasteiger partial charge in [-0.15, -0.1) is 0 Å². The zero-order chi connectivity index (χ0) is 21.2. The second-order valence-corrected chi connectivity index (χ2v) is 7.78. The molecule has 148 valence electrons. The zero-order valence-corrected chi connectivity index (χ0v) is 17.5. The summed E-state index contributed by atoms with van der Waals surface area (Å²) in [4.78, 5) is 34.0. The number of hydrogen-bond acceptors (Lipinski definition) is 6. The molecule has 5 rings (SSSR count). The summed E-state index contributed by atoms with van der Waals surface area (Å²) in [5, 5.41) is -0.483. The number of aromatic nitrogens is 2. The number of ketones is 2. The van der Waals surface area contributed by atoms with Crippen molar-refractivity contribution in [3.05, 3.63) is 73.0 Å². The van der Waals surface area contributed by atoms with Crippen molar-refractivity contribution in [2.45, 2.75) is 0 Å². The molecular weight excluding hydrogens is 474 g/mol. The second kappa shape index (κ2) is 6.96. The van der Waals surface area contributed by atoms with E-state index in [1.165, 1.54) is 6.08 Å². The number of benzene rings is 2. The monoisotopic (exact) mass is 478 g/mol. The Balaban J connectivity index is 1.57. The van der Waals surface area contributed by atoms with Gasteiger partial charge in [0.15, 0.2) is 11.6 Å². The third kappa shape index (κ3) is 2.80. The third-order valence-corrected chi connectivity index (χ3v) is 6.29. The number of oxazole rings is 2. The molecule has 0 fully saturated rings. The van der Waals surface area contributed by atoms with E-state index in [-0.39, 0.29) is 54.1 Å². The molecule has 0 aliphatic heterocycles. The van der Waals surface area contributed by atoms with Crippen LogP contribution in [0.2, 0.25) is 20.1 Å². The third-order valence-electron chi connectivity index (χ3n) is 4.49. The molecule has 10 heteroatoms. The van der Waals surface area contributed by atoms with Crippen LogP contribution in [0, 0.1) is 0 Å². The lowest BCUT2D eigenvalue weighted by Crippen LogP contribution is -2.00. The summed E-state index contributed by atoms with van der Waals surface area (Å²) in [6.07, 6.45) is 1.18. The van der Waals surface area contributed by atoms with Gasteiger partial charge < -0.3 is 8.83 Å². The van der Waals surface area contributed by atoms with Gasteiger partial charge in [-0.05, 0) is 12.1 Å². The smallest absolute Gasteiger partial charge is 0.288 e. The fourth-order valence-corrected chi connectivity index (χ4v) is 4.13. The number of allylic oxidation sites excluding steroid dienone is 1. The summed E-state index contributed by atoms with van der Waals surface area (Å²) >= 11 is 24.3. The van der Waals surface area contributed by atoms with Gasteiger partial charge in [-0.3, -0.25) is 9.59 Å². The molecule has 0 saturated carbocycles. The Morgan fingerprint density at radius 1 is 0.733 bits per heavy atom. The highest BCUT2D eigenvalue weighted by Gasteiger charge is 2.40. The number of carbonyl (C=O) groups excluding carboxylic acids is 2. The molecular formula is C20H6Cl4N2O4. The summed E-state index contributed by atoms with van der Waals surface area (Å²) in [7, 11) is 0. The molecule has 0 amide bonds. The summed E-state index contributed by atoms with van der Waals surface area (Å²) in [5.74, 6) is -1.02. The van der Waals surface area contributed by atoms with E-state index in [1.54, 1.807) is 0 Å². The second-order valence-electron chi connectivity index (χ2n) is 6.27. The lowest BCUT2D eigenvalue weighted by molar-refractivity contribution is 0.0990. The van der Waals surface area contributed by atoms with Crippen molar-refractivity contribution in [1.82, 2.24) is 9.97 Å². The van der Waals surface area contributed by atoms with Gasteiger partial charge in [0.25, 0.3) is 11.4 Å². The molecule has 0 spiro atoms. The molecule has 2 heterocycles. The number of fused-ring (bicyclic) bond motifs is 2. The average molecular weight is 480 g/mol. The highest BCUT2D eigenvalue weighted by molar-refractivity contribution is 6.57. The van der Waals surface area contributed by atoms with Gasteiger partial charge >= 0.3 is 0 Å². The van der Waals surface area contributed by atoms with E-state index in [9.17, 15) is 9.59 Å². The number of carbonyl (C=O) groups is 2. The molecule has 6 nitrogen and oxygen atoms in total. The molecule has 0 N–H and O–H groups in total. The van der Waals surface area contributed by atoms with Gasteiger partial charge in [0.1, 0.15) is 0 Å². The summed E-state index contributed by atoms with van der Waals surface area (Å²) in [6.45, 7) is 0. The number of Topliss-reactive ketones (excluding diaryl/α,β-unsaturated/α-hetero) is 2. The quantitative estimate of drug-likeness (QED) is 0.140. The summed E-state index contributed by atoms with van der Waals surface area (Å²) < 4.78 is 11.1. The Bertz CT molecular complexity index is 1340. The van der Waals surface area contributed by atoms with Gasteiger partial charge in [0.05, 0.1) is 36.8 Å². The van der Waals surface area contributed by atoms with Crippen molar-refractivity contribution < 1.29 is 18.4 Å². The molecule has 0 atom stereocenters. The van der Waals surface area contributed by atoms with Crippen LogP contribution in [-0.4, -0.2) is 21.5 Å². The van der Waals surface area contributed by atoms with E-state index in [0.717, 1.165) is 5.56 Å². The summed E-state index contributed by atoms with van der Waals surface area (Å²) in [6, 6.07) is 9.20. The van der Waals surface area contributed by atoms with Crippen LogP contribution in [-0.2, 0) is 0 Å². The van der Waals surface area contributed by atoms with Gasteiger partial charge in [0.2, 0.25) is 11.8 Å². The fraction of sp³-hybridized carbons (Fsp3) is 0.